The minimum absolute atomic E-state index is 0.413. The molecule has 3 rings (SSSR count). The summed E-state index contributed by atoms with van der Waals surface area (Å²) in [5.41, 5.74) is 2.47. The monoisotopic (exact) mass is 501 g/mol. The molecule has 0 amide bonds. The Labute approximate surface area is 207 Å². The first-order valence-corrected chi connectivity index (χ1v) is 16.4. The van der Waals surface area contributed by atoms with E-state index in [0.717, 1.165) is 23.0 Å². The standard InChI is InChI=1S/C26H41NO.2ClH.Ti/c1-19-8-5-10-20(11-6-9-19)24-13-7-12-21(25(24)28)18-27-23-16-14-22(15-17-23)26(2,3)4;;;/h7,12-13,18-20,22-23,28H,5-6,8-11,14-17H2,1-4H3;2*1H;/q;;;+2/p-2. The molecule has 174 valence electrons. The van der Waals surface area contributed by atoms with Gasteiger partial charge in [0, 0.05) is 17.8 Å². The third kappa shape index (κ3) is 9.03. The average Bonchev–Trinajstić information content (AvgIpc) is 2.70. The molecule has 2 nitrogen and oxygen atoms in total. The Balaban J connectivity index is 0.00000107. The van der Waals surface area contributed by atoms with E-state index in [4.69, 9.17) is 23.6 Å². The van der Waals surface area contributed by atoms with Crippen LogP contribution >= 0.6 is 18.6 Å². The first kappa shape index (κ1) is 27.2. The number of phenols is 1. The van der Waals surface area contributed by atoms with Crippen molar-refractivity contribution in [3.63, 3.8) is 0 Å². The van der Waals surface area contributed by atoms with Crippen molar-refractivity contribution in [1.29, 1.82) is 0 Å². The third-order valence-corrected chi connectivity index (χ3v) is 7.38. The Morgan fingerprint density at radius 1 is 0.968 bits per heavy atom. The van der Waals surface area contributed by atoms with E-state index >= 15 is 0 Å². The minimum atomic E-state index is -0.556. The molecule has 0 aliphatic heterocycles. The molecule has 0 atom stereocenters. The van der Waals surface area contributed by atoms with Gasteiger partial charge >= 0.3 is 35.6 Å². The van der Waals surface area contributed by atoms with Gasteiger partial charge in [0.1, 0.15) is 5.75 Å². The molecular formula is C26H41Cl2NOTi. The number of nitrogens with zero attached hydrogens (tertiary/aromatic N) is 1. The van der Waals surface area contributed by atoms with Crippen LogP contribution in [0.2, 0.25) is 0 Å². The van der Waals surface area contributed by atoms with E-state index < -0.39 is 17.0 Å². The zero-order valence-corrected chi connectivity index (χ0v) is 22.9. The van der Waals surface area contributed by atoms with Crippen LogP contribution in [0.15, 0.2) is 23.2 Å². The Morgan fingerprint density at radius 3 is 2.10 bits per heavy atom. The molecule has 0 bridgehead atoms. The van der Waals surface area contributed by atoms with Crippen LogP contribution in [-0.4, -0.2) is 17.4 Å². The van der Waals surface area contributed by atoms with Gasteiger partial charge in [-0.05, 0) is 73.3 Å². The molecule has 5 heteroatoms. The van der Waals surface area contributed by atoms with Gasteiger partial charge in [-0.15, -0.1) is 0 Å². The zero-order valence-electron chi connectivity index (χ0n) is 19.8. The molecular weight excluding hydrogens is 461 g/mol. The van der Waals surface area contributed by atoms with E-state index in [2.05, 4.69) is 39.8 Å². The van der Waals surface area contributed by atoms with E-state index in [1.807, 2.05) is 12.3 Å². The average molecular weight is 502 g/mol. The summed E-state index contributed by atoms with van der Waals surface area (Å²) in [6.07, 6.45) is 14.5. The molecule has 1 aromatic carbocycles. The maximum absolute atomic E-state index is 10.9. The normalized spacial score (nSPS) is 27.7. The van der Waals surface area contributed by atoms with Crippen molar-refractivity contribution in [3.8, 4) is 5.75 Å². The summed E-state index contributed by atoms with van der Waals surface area (Å²) in [6.45, 7) is 9.46. The Hall–Kier alpha value is -0.0157. The van der Waals surface area contributed by atoms with Gasteiger partial charge in [-0.25, -0.2) is 0 Å². The summed E-state index contributed by atoms with van der Waals surface area (Å²) in [5, 5.41) is 10.9. The number of benzene rings is 1. The number of aromatic hydroxyl groups is 1. The molecule has 2 saturated carbocycles. The SMILES string of the molecule is CC1CCCC(c2cccc(C=NC3CCC(C(C)(C)C)CC3)c2O)CCC1.[Cl][Ti][Cl]. The predicted octanol–water partition coefficient (Wildman–Crippen LogP) is 8.87. The van der Waals surface area contributed by atoms with Gasteiger partial charge in [0.2, 0.25) is 0 Å². The summed E-state index contributed by atoms with van der Waals surface area (Å²) < 4.78 is 0. The van der Waals surface area contributed by atoms with Gasteiger partial charge in [0.05, 0.1) is 0 Å². The van der Waals surface area contributed by atoms with E-state index in [1.54, 1.807) is 0 Å². The molecule has 0 radical (unpaired) electrons. The molecule has 2 aliphatic rings. The van der Waals surface area contributed by atoms with Crippen molar-refractivity contribution in [2.24, 2.45) is 22.2 Å². The Morgan fingerprint density at radius 2 is 1.55 bits per heavy atom. The fourth-order valence-corrected chi connectivity index (χ4v) is 5.32. The van der Waals surface area contributed by atoms with E-state index in [1.165, 1.54) is 64.2 Å². The van der Waals surface area contributed by atoms with Crippen molar-refractivity contribution in [2.75, 3.05) is 0 Å². The molecule has 0 heterocycles. The third-order valence-electron chi connectivity index (χ3n) is 7.38. The van der Waals surface area contributed by atoms with Crippen LogP contribution in [0, 0.1) is 17.3 Å². The second-order valence-electron chi connectivity index (χ2n) is 10.7. The van der Waals surface area contributed by atoms with Crippen LogP contribution in [0.4, 0.5) is 0 Å². The maximum atomic E-state index is 10.9. The predicted molar refractivity (Wildman–Crippen MR) is 132 cm³/mol. The summed E-state index contributed by atoms with van der Waals surface area (Å²) in [7, 11) is 9.78. The van der Waals surface area contributed by atoms with Gasteiger partial charge < -0.3 is 5.11 Å². The molecule has 31 heavy (non-hydrogen) atoms. The molecule has 0 unspecified atom stereocenters. The second kappa shape index (κ2) is 13.6. The first-order chi connectivity index (χ1) is 14.8. The van der Waals surface area contributed by atoms with Crippen LogP contribution < -0.4 is 0 Å². The molecule has 2 aliphatic carbocycles. The van der Waals surface area contributed by atoms with Crippen LogP contribution in [0.5, 0.6) is 5.75 Å². The summed E-state index contributed by atoms with van der Waals surface area (Å²) in [6, 6.07) is 6.68. The molecule has 0 aromatic heterocycles. The Bertz CT molecular complexity index is 670. The van der Waals surface area contributed by atoms with Gasteiger partial charge in [-0.1, -0.05) is 65.5 Å². The molecule has 0 saturated heterocycles. The first-order valence-electron chi connectivity index (χ1n) is 12.1. The van der Waals surface area contributed by atoms with E-state index in [9.17, 15) is 5.11 Å². The molecule has 1 aromatic rings. The number of hydrogen-bond donors (Lipinski definition) is 1. The van der Waals surface area contributed by atoms with Gasteiger partial charge in [-0.2, -0.15) is 0 Å². The van der Waals surface area contributed by atoms with Crippen LogP contribution in [0.25, 0.3) is 0 Å². The van der Waals surface area contributed by atoms with Crippen molar-refractivity contribution in [1.82, 2.24) is 0 Å². The second-order valence-corrected chi connectivity index (χ2v) is 13.2. The molecule has 1 N–H and O–H groups in total. The van der Waals surface area contributed by atoms with Gasteiger partial charge in [0.15, 0.2) is 0 Å². The summed E-state index contributed by atoms with van der Waals surface area (Å²) in [5.74, 6) is 2.66. The van der Waals surface area contributed by atoms with Gasteiger partial charge in [-0.3, -0.25) is 4.99 Å². The number of phenolic OH excluding ortho intramolecular Hbond substituents is 1. The summed E-state index contributed by atoms with van der Waals surface area (Å²) >= 11 is -0.556. The number of aliphatic imine (C=N–C) groups is 1. The fraction of sp³-hybridized carbons (Fsp3) is 0.731. The zero-order chi connectivity index (χ0) is 22.9. The topological polar surface area (TPSA) is 32.6 Å². The quantitative estimate of drug-likeness (QED) is 0.325. The van der Waals surface area contributed by atoms with E-state index in [0.29, 0.717) is 23.1 Å². The summed E-state index contributed by atoms with van der Waals surface area (Å²) in [4.78, 5) is 4.88. The van der Waals surface area contributed by atoms with Crippen molar-refractivity contribution >= 4 is 24.8 Å². The number of para-hydroxylation sites is 1. The number of hydrogen-bond acceptors (Lipinski definition) is 2. The van der Waals surface area contributed by atoms with Crippen molar-refractivity contribution in [2.45, 2.75) is 104 Å². The number of halogens is 2. The Kier molecular flexibility index (Phi) is 12.0. The number of rotatable bonds is 3. The van der Waals surface area contributed by atoms with Crippen molar-refractivity contribution in [3.05, 3.63) is 29.3 Å². The van der Waals surface area contributed by atoms with Gasteiger partial charge in [0.25, 0.3) is 0 Å². The van der Waals surface area contributed by atoms with Crippen LogP contribution in [0.3, 0.4) is 0 Å². The van der Waals surface area contributed by atoms with Crippen molar-refractivity contribution < 1.29 is 22.1 Å². The van der Waals surface area contributed by atoms with Crippen LogP contribution in [0.1, 0.15) is 109 Å². The molecule has 2 fully saturated rings. The van der Waals surface area contributed by atoms with E-state index in [-0.39, 0.29) is 0 Å². The fourth-order valence-electron chi connectivity index (χ4n) is 5.32. The molecule has 0 spiro atoms. The van der Waals surface area contributed by atoms with Crippen LogP contribution in [-0.2, 0) is 17.0 Å².